The van der Waals surface area contributed by atoms with Crippen LogP contribution < -0.4 is 4.74 Å². The van der Waals surface area contributed by atoms with Gasteiger partial charge in [-0.3, -0.25) is 4.79 Å². The van der Waals surface area contributed by atoms with Crippen molar-refractivity contribution in [3.05, 3.63) is 56.2 Å². The Kier molecular flexibility index (Phi) is 5.76. The molecule has 0 unspecified atom stereocenters. The van der Waals surface area contributed by atoms with E-state index in [0.29, 0.717) is 0 Å². The molecule has 0 aliphatic rings. The lowest BCUT2D eigenvalue weighted by Crippen LogP contribution is -1.89. The summed E-state index contributed by atoms with van der Waals surface area (Å²) in [6.07, 6.45) is 5.51. The van der Waals surface area contributed by atoms with Gasteiger partial charge in [-0.15, -0.1) is 11.3 Å². The van der Waals surface area contributed by atoms with Gasteiger partial charge in [-0.2, -0.15) is 0 Å². The molecule has 21 heavy (non-hydrogen) atoms. The van der Waals surface area contributed by atoms with Crippen LogP contribution in [0.3, 0.4) is 0 Å². The molecule has 4 heteroatoms. The van der Waals surface area contributed by atoms with Crippen molar-refractivity contribution in [3.63, 3.8) is 0 Å². The third-order valence-corrected chi connectivity index (χ3v) is 5.18. The first kappa shape index (κ1) is 16.0. The molecule has 0 saturated heterocycles. The molecule has 0 saturated carbocycles. The second-order valence-corrected chi connectivity index (χ2v) is 6.60. The minimum absolute atomic E-state index is 0.0332. The van der Waals surface area contributed by atoms with Crippen molar-refractivity contribution in [2.24, 2.45) is 0 Å². The van der Waals surface area contributed by atoms with Crippen LogP contribution in [0.15, 0.2) is 40.9 Å². The molecule has 0 spiro atoms. The zero-order valence-electron chi connectivity index (χ0n) is 12.1. The van der Waals surface area contributed by atoms with Crippen molar-refractivity contribution in [1.29, 1.82) is 0 Å². The number of methoxy groups -OCH3 is 1. The molecule has 2 aromatic rings. The predicted molar refractivity (Wildman–Crippen MR) is 92.4 cm³/mol. The average Bonchev–Trinajstić information content (AvgIpc) is 2.87. The molecule has 2 rings (SSSR count). The van der Waals surface area contributed by atoms with E-state index >= 15 is 0 Å². The molecule has 2 nitrogen and oxygen atoms in total. The van der Waals surface area contributed by atoms with Crippen molar-refractivity contribution in [3.8, 4) is 5.75 Å². The number of halogens is 1. The van der Waals surface area contributed by atoms with E-state index < -0.39 is 0 Å². The first-order valence-corrected chi connectivity index (χ1v) is 8.39. The number of ketones is 1. The van der Waals surface area contributed by atoms with E-state index in [9.17, 15) is 4.79 Å². The summed E-state index contributed by atoms with van der Waals surface area (Å²) in [5.74, 6) is 0.819. The van der Waals surface area contributed by atoms with Gasteiger partial charge >= 0.3 is 0 Å². The number of carbonyl (C=O) groups excluding carboxylic acids is 1. The van der Waals surface area contributed by atoms with Crippen LogP contribution >= 0.6 is 27.3 Å². The van der Waals surface area contributed by atoms with Crippen molar-refractivity contribution in [1.82, 2.24) is 0 Å². The van der Waals surface area contributed by atoms with E-state index in [4.69, 9.17) is 4.74 Å². The monoisotopic (exact) mass is 364 g/mol. The highest BCUT2D eigenvalue weighted by Crippen LogP contribution is 2.29. The number of hydrogen-bond acceptors (Lipinski definition) is 3. The minimum Gasteiger partial charge on any atom is -0.497 e. The normalized spacial score (nSPS) is 11.0. The van der Waals surface area contributed by atoms with Gasteiger partial charge in [-0.1, -0.05) is 31.6 Å². The zero-order valence-corrected chi connectivity index (χ0v) is 14.5. The van der Waals surface area contributed by atoms with Crippen molar-refractivity contribution < 1.29 is 9.53 Å². The SMILES string of the molecule is CCCc1sc(C(=O)C=Cc2cccc(OC)c2)cc1Br. The summed E-state index contributed by atoms with van der Waals surface area (Å²) >= 11 is 5.08. The lowest BCUT2D eigenvalue weighted by Gasteiger charge is -1.99. The molecule has 110 valence electrons. The second kappa shape index (κ2) is 7.57. The Labute approximate surface area is 137 Å². The van der Waals surface area contributed by atoms with Gasteiger partial charge in [0.05, 0.1) is 12.0 Å². The largest absolute Gasteiger partial charge is 0.497 e. The number of carbonyl (C=O) groups is 1. The molecule has 0 amide bonds. The highest BCUT2D eigenvalue weighted by molar-refractivity contribution is 9.10. The molecule has 1 aromatic carbocycles. The summed E-state index contributed by atoms with van der Waals surface area (Å²) in [5, 5.41) is 0. The van der Waals surface area contributed by atoms with E-state index in [-0.39, 0.29) is 5.78 Å². The summed E-state index contributed by atoms with van der Waals surface area (Å²) in [6, 6.07) is 9.54. The Morgan fingerprint density at radius 3 is 2.90 bits per heavy atom. The van der Waals surface area contributed by atoms with E-state index in [1.54, 1.807) is 24.5 Å². The Hall–Kier alpha value is -1.39. The Morgan fingerprint density at radius 1 is 1.38 bits per heavy atom. The van der Waals surface area contributed by atoms with Gasteiger partial charge in [0, 0.05) is 9.35 Å². The second-order valence-electron chi connectivity index (χ2n) is 4.61. The molecule has 0 aliphatic carbocycles. The van der Waals surface area contributed by atoms with Crippen LogP contribution in [0.4, 0.5) is 0 Å². The molecule has 0 N–H and O–H groups in total. The zero-order chi connectivity index (χ0) is 15.2. The van der Waals surface area contributed by atoms with Gasteiger partial charge in [-0.25, -0.2) is 0 Å². The van der Waals surface area contributed by atoms with E-state index in [0.717, 1.165) is 33.5 Å². The fourth-order valence-electron chi connectivity index (χ4n) is 1.92. The molecule has 0 bridgehead atoms. The molecular formula is C17H17BrO2S. The van der Waals surface area contributed by atoms with Gasteiger partial charge in [0.25, 0.3) is 0 Å². The average molecular weight is 365 g/mol. The lowest BCUT2D eigenvalue weighted by molar-refractivity contribution is 0.105. The molecular weight excluding hydrogens is 348 g/mol. The third-order valence-electron chi connectivity index (χ3n) is 3.00. The van der Waals surface area contributed by atoms with E-state index in [2.05, 4.69) is 22.9 Å². The summed E-state index contributed by atoms with van der Waals surface area (Å²) in [4.78, 5) is 14.2. The van der Waals surface area contributed by atoms with Crippen LogP contribution in [0, 0.1) is 0 Å². The number of benzene rings is 1. The first-order chi connectivity index (χ1) is 10.1. The summed E-state index contributed by atoms with van der Waals surface area (Å²) in [6.45, 7) is 2.14. The van der Waals surface area contributed by atoms with Gasteiger partial charge < -0.3 is 4.74 Å². The van der Waals surface area contributed by atoms with Crippen LogP contribution in [-0.4, -0.2) is 12.9 Å². The number of thiophene rings is 1. The van der Waals surface area contributed by atoms with Crippen LogP contribution in [0.25, 0.3) is 6.08 Å². The maximum absolute atomic E-state index is 12.2. The first-order valence-electron chi connectivity index (χ1n) is 6.78. The van der Waals surface area contributed by atoms with Crippen molar-refractivity contribution >= 4 is 39.1 Å². The third kappa shape index (κ3) is 4.29. The topological polar surface area (TPSA) is 26.3 Å². The smallest absolute Gasteiger partial charge is 0.195 e. The van der Waals surface area contributed by atoms with E-state index in [1.165, 1.54) is 4.88 Å². The summed E-state index contributed by atoms with van der Waals surface area (Å²) in [7, 11) is 1.63. The number of rotatable bonds is 6. The van der Waals surface area contributed by atoms with Crippen LogP contribution in [0.5, 0.6) is 5.75 Å². The maximum atomic E-state index is 12.2. The quantitative estimate of drug-likeness (QED) is 0.508. The number of aryl methyl sites for hydroxylation is 1. The molecule has 0 aliphatic heterocycles. The predicted octanol–water partition coefficient (Wildman–Crippen LogP) is 5.37. The standard InChI is InChI=1S/C17H17BrO2S/c1-3-5-16-14(18)11-17(21-16)15(19)9-8-12-6-4-7-13(10-12)20-2/h4,6-11H,3,5H2,1-2H3. The van der Waals surface area contributed by atoms with Crippen molar-refractivity contribution in [2.75, 3.05) is 7.11 Å². The summed E-state index contributed by atoms with van der Waals surface area (Å²) in [5.41, 5.74) is 0.951. The number of hydrogen-bond donors (Lipinski definition) is 0. The van der Waals surface area contributed by atoms with Crippen LogP contribution in [0.2, 0.25) is 0 Å². The van der Waals surface area contributed by atoms with Crippen LogP contribution in [0.1, 0.15) is 33.5 Å². The molecule has 1 heterocycles. The fraction of sp³-hybridized carbons (Fsp3) is 0.235. The molecule has 0 radical (unpaired) electrons. The Bertz CT molecular complexity index is 659. The van der Waals surface area contributed by atoms with Crippen molar-refractivity contribution in [2.45, 2.75) is 19.8 Å². The highest BCUT2D eigenvalue weighted by atomic mass is 79.9. The molecule has 0 fully saturated rings. The van der Waals surface area contributed by atoms with Gasteiger partial charge in [0.15, 0.2) is 5.78 Å². The fourth-order valence-corrected chi connectivity index (χ4v) is 3.82. The van der Waals surface area contributed by atoms with E-state index in [1.807, 2.05) is 36.4 Å². The summed E-state index contributed by atoms with van der Waals surface area (Å²) < 4.78 is 6.20. The highest BCUT2D eigenvalue weighted by Gasteiger charge is 2.10. The number of ether oxygens (including phenoxy) is 1. The van der Waals surface area contributed by atoms with Gasteiger partial charge in [0.2, 0.25) is 0 Å². The minimum atomic E-state index is 0.0332. The maximum Gasteiger partial charge on any atom is 0.195 e. The van der Waals surface area contributed by atoms with Gasteiger partial charge in [-0.05, 0) is 52.2 Å². The molecule has 0 atom stereocenters. The lowest BCUT2D eigenvalue weighted by atomic mass is 10.2. The van der Waals surface area contributed by atoms with Crippen LogP contribution in [-0.2, 0) is 6.42 Å². The Morgan fingerprint density at radius 2 is 2.19 bits per heavy atom. The number of allylic oxidation sites excluding steroid dienone is 1. The molecule has 1 aromatic heterocycles. The van der Waals surface area contributed by atoms with Gasteiger partial charge in [0.1, 0.15) is 5.75 Å². The Balaban J connectivity index is 2.13.